The molecule has 0 aliphatic rings. The summed E-state index contributed by atoms with van der Waals surface area (Å²) in [4.78, 5) is 23.4. The van der Waals surface area contributed by atoms with Crippen LogP contribution in [-0.2, 0) is 7.05 Å². The molecule has 2 heterocycles. The molecular weight excluding hydrogens is 325 g/mol. The van der Waals surface area contributed by atoms with Gasteiger partial charge in [-0.25, -0.2) is 9.18 Å². The van der Waals surface area contributed by atoms with E-state index in [-0.39, 0.29) is 4.88 Å². The average molecular weight is 335 g/mol. The molecule has 3 aromatic rings. The molecule has 1 aromatic carbocycles. The fraction of sp³-hybridized carbons (Fsp3) is 0.143. The van der Waals surface area contributed by atoms with Crippen LogP contribution in [0.25, 0.3) is 10.2 Å². The number of carbonyl (C=O) groups is 1. The van der Waals surface area contributed by atoms with Crippen LogP contribution in [0.5, 0.6) is 5.75 Å². The van der Waals surface area contributed by atoms with E-state index in [0.717, 1.165) is 45.4 Å². The molecule has 0 N–H and O–H groups in total. The monoisotopic (exact) mass is 335 g/mol. The van der Waals surface area contributed by atoms with Gasteiger partial charge in [0.1, 0.15) is 15.5 Å². The molecule has 0 atom stereocenters. The van der Waals surface area contributed by atoms with E-state index in [1.807, 2.05) is 6.92 Å². The Morgan fingerprint density at radius 2 is 2.17 bits per heavy atom. The molecule has 23 heavy (non-hydrogen) atoms. The third-order valence-corrected chi connectivity index (χ3v) is 4.40. The Morgan fingerprint density at radius 1 is 1.43 bits per heavy atom. The number of nitrogens with zero attached hydrogens (tertiary/aromatic N) is 3. The summed E-state index contributed by atoms with van der Waals surface area (Å²) in [6, 6.07) is 4.31. The summed E-state index contributed by atoms with van der Waals surface area (Å²) in [5, 5.41) is 15.9. The van der Waals surface area contributed by atoms with Crippen LogP contribution in [0.4, 0.5) is 10.1 Å². The third kappa shape index (κ3) is 2.66. The van der Waals surface area contributed by atoms with Gasteiger partial charge in [-0.3, -0.25) is 14.8 Å². The van der Waals surface area contributed by atoms with Gasteiger partial charge in [0.2, 0.25) is 5.75 Å². The lowest BCUT2D eigenvalue weighted by atomic mass is 10.3. The first-order chi connectivity index (χ1) is 10.9. The highest BCUT2D eigenvalue weighted by molar-refractivity contribution is 7.20. The number of rotatable bonds is 3. The minimum atomic E-state index is -0.778. The number of fused-ring (bicyclic) bond motifs is 1. The molecule has 0 amide bonds. The first-order valence-electron chi connectivity index (χ1n) is 6.46. The first kappa shape index (κ1) is 15.1. The van der Waals surface area contributed by atoms with Crippen LogP contribution in [0.2, 0.25) is 0 Å². The molecule has 0 spiro atoms. The predicted octanol–water partition coefficient (Wildman–Crippen LogP) is 3.21. The summed E-state index contributed by atoms with van der Waals surface area (Å²) >= 11 is 1.15. The number of thiophene rings is 1. The summed E-state index contributed by atoms with van der Waals surface area (Å²) in [6.07, 6.45) is 0. The van der Waals surface area contributed by atoms with Crippen molar-refractivity contribution in [1.29, 1.82) is 0 Å². The van der Waals surface area contributed by atoms with Crippen LogP contribution in [0.15, 0.2) is 24.3 Å². The molecule has 0 aliphatic heterocycles. The number of nitro benzene ring substituents is 1. The maximum Gasteiger partial charge on any atom is 0.354 e. The van der Waals surface area contributed by atoms with Crippen molar-refractivity contribution in [3.05, 3.63) is 50.8 Å². The second-order valence-electron chi connectivity index (χ2n) is 4.80. The molecule has 0 bridgehead atoms. The standard InChI is InChI=1S/C14H10FN3O4S/c1-7-9-6-12(23-13(9)17(2)16-7)14(19)22-11-5-8(15)3-4-10(11)18(20)21/h3-6H,1-2H3. The summed E-state index contributed by atoms with van der Waals surface area (Å²) in [7, 11) is 1.75. The van der Waals surface area contributed by atoms with Crippen LogP contribution < -0.4 is 4.74 Å². The maximum atomic E-state index is 13.3. The van der Waals surface area contributed by atoms with Crippen molar-refractivity contribution in [2.75, 3.05) is 0 Å². The summed E-state index contributed by atoms with van der Waals surface area (Å²) < 4.78 is 19.9. The Morgan fingerprint density at radius 3 is 2.83 bits per heavy atom. The van der Waals surface area contributed by atoms with Crippen molar-refractivity contribution >= 4 is 33.2 Å². The molecule has 3 rings (SSSR count). The molecule has 0 radical (unpaired) electrons. The third-order valence-electron chi connectivity index (χ3n) is 3.22. The van der Waals surface area contributed by atoms with E-state index >= 15 is 0 Å². The summed E-state index contributed by atoms with van der Waals surface area (Å²) in [5.74, 6) is -1.93. The lowest BCUT2D eigenvalue weighted by Gasteiger charge is -2.03. The number of halogens is 1. The van der Waals surface area contributed by atoms with E-state index in [4.69, 9.17) is 4.74 Å². The van der Waals surface area contributed by atoms with Crippen molar-refractivity contribution in [2.45, 2.75) is 6.92 Å². The van der Waals surface area contributed by atoms with Crippen molar-refractivity contribution in [3.8, 4) is 5.75 Å². The van der Waals surface area contributed by atoms with Crippen molar-refractivity contribution in [1.82, 2.24) is 9.78 Å². The fourth-order valence-corrected chi connectivity index (χ4v) is 3.18. The van der Waals surface area contributed by atoms with Gasteiger partial charge in [0.05, 0.1) is 10.6 Å². The highest BCUT2D eigenvalue weighted by Crippen LogP contribution is 2.31. The van der Waals surface area contributed by atoms with Gasteiger partial charge in [0.15, 0.2) is 0 Å². The van der Waals surface area contributed by atoms with Gasteiger partial charge in [-0.15, -0.1) is 11.3 Å². The maximum absolute atomic E-state index is 13.3. The molecule has 118 valence electrons. The number of hydrogen-bond donors (Lipinski definition) is 0. The molecular formula is C14H10FN3O4S. The Bertz CT molecular complexity index is 913. The van der Waals surface area contributed by atoms with Gasteiger partial charge in [0.25, 0.3) is 0 Å². The number of benzene rings is 1. The SMILES string of the molecule is Cc1nn(C)c2sc(C(=O)Oc3cc(F)ccc3[N+](=O)[O-])cc12. The predicted molar refractivity (Wildman–Crippen MR) is 81.3 cm³/mol. The molecule has 2 aromatic heterocycles. The number of ether oxygens (including phenoxy) is 1. The number of aromatic nitrogens is 2. The molecule has 0 fully saturated rings. The van der Waals surface area contributed by atoms with Gasteiger partial charge in [-0.1, -0.05) is 0 Å². The number of hydrogen-bond acceptors (Lipinski definition) is 6. The van der Waals surface area contributed by atoms with E-state index in [0.29, 0.717) is 0 Å². The average Bonchev–Trinajstić information content (AvgIpc) is 3.01. The van der Waals surface area contributed by atoms with E-state index in [1.54, 1.807) is 17.8 Å². The molecule has 9 heteroatoms. The quantitative estimate of drug-likeness (QED) is 0.317. The number of aryl methyl sites for hydroxylation is 2. The Labute approximate surface area is 133 Å². The van der Waals surface area contributed by atoms with Gasteiger partial charge in [-0.05, 0) is 19.1 Å². The molecule has 0 unspecified atom stereocenters. The summed E-state index contributed by atoms with van der Waals surface area (Å²) in [6.45, 7) is 1.81. The second-order valence-corrected chi connectivity index (χ2v) is 5.83. The lowest BCUT2D eigenvalue weighted by Crippen LogP contribution is -2.08. The Balaban J connectivity index is 1.96. The molecule has 0 saturated heterocycles. The van der Waals surface area contributed by atoms with Crippen LogP contribution in [0.3, 0.4) is 0 Å². The minimum absolute atomic E-state index is 0.259. The minimum Gasteiger partial charge on any atom is -0.415 e. The van der Waals surface area contributed by atoms with E-state index < -0.39 is 28.1 Å². The zero-order valence-electron chi connectivity index (χ0n) is 12.1. The highest BCUT2D eigenvalue weighted by Gasteiger charge is 2.22. The number of carbonyl (C=O) groups excluding carboxylic acids is 1. The normalized spacial score (nSPS) is 10.9. The van der Waals surface area contributed by atoms with Crippen molar-refractivity contribution < 1.29 is 18.8 Å². The Hall–Kier alpha value is -2.81. The van der Waals surface area contributed by atoms with Gasteiger partial charge in [0, 0.05) is 24.6 Å². The van der Waals surface area contributed by atoms with Gasteiger partial charge < -0.3 is 4.74 Å². The zero-order valence-corrected chi connectivity index (χ0v) is 12.9. The van der Waals surface area contributed by atoms with E-state index in [2.05, 4.69) is 5.10 Å². The molecule has 7 nitrogen and oxygen atoms in total. The largest absolute Gasteiger partial charge is 0.415 e. The lowest BCUT2D eigenvalue weighted by molar-refractivity contribution is -0.385. The molecule has 0 aliphatic carbocycles. The van der Waals surface area contributed by atoms with Crippen LogP contribution in [-0.4, -0.2) is 20.7 Å². The topological polar surface area (TPSA) is 87.3 Å². The summed E-state index contributed by atoms with van der Waals surface area (Å²) in [5.41, 5.74) is 0.285. The highest BCUT2D eigenvalue weighted by atomic mass is 32.1. The van der Waals surface area contributed by atoms with Crippen molar-refractivity contribution in [2.24, 2.45) is 7.05 Å². The van der Waals surface area contributed by atoms with E-state index in [9.17, 15) is 19.3 Å². The van der Waals surface area contributed by atoms with Gasteiger partial charge >= 0.3 is 11.7 Å². The van der Waals surface area contributed by atoms with Crippen LogP contribution in [0.1, 0.15) is 15.4 Å². The second kappa shape index (κ2) is 5.43. The zero-order chi connectivity index (χ0) is 16.7. The fourth-order valence-electron chi connectivity index (χ4n) is 2.18. The first-order valence-corrected chi connectivity index (χ1v) is 7.27. The van der Waals surface area contributed by atoms with Crippen LogP contribution >= 0.6 is 11.3 Å². The Kier molecular flexibility index (Phi) is 3.57. The number of esters is 1. The molecule has 0 saturated carbocycles. The number of nitro groups is 1. The van der Waals surface area contributed by atoms with Crippen LogP contribution in [0, 0.1) is 22.9 Å². The smallest absolute Gasteiger partial charge is 0.354 e. The van der Waals surface area contributed by atoms with Crippen molar-refractivity contribution in [3.63, 3.8) is 0 Å². The van der Waals surface area contributed by atoms with Gasteiger partial charge in [-0.2, -0.15) is 5.10 Å². The van der Waals surface area contributed by atoms with E-state index in [1.165, 1.54) is 0 Å².